The Balaban J connectivity index is 2.33. The van der Waals surface area contributed by atoms with Gasteiger partial charge in [-0.3, -0.25) is 0 Å². The molecule has 17 heavy (non-hydrogen) atoms. The van der Waals surface area contributed by atoms with Crippen LogP contribution in [0.15, 0.2) is 30.6 Å². The predicted molar refractivity (Wildman–Crippen MR) is 62.8 cm³/mol. The van der Waals surface area contributed by atoms with Crippen LogP contribution in [0.2, 0.25) is 0 Å². The summed E-state index contributed by atoms with van der Waals surface area (Å²) in [6, 6.07) is 5.93. The van der Waals surface area contributed by atoms with Crippen molar-refractivity contribution in [2.45, 2.75) is 25.9 Å². The number of halogens is 1. The Hall–Kier alpha value is -1.75. The molecule has 0 radical (unpaired) electrons. The minimum absolute atomic E-state index is 0.194. The van der Waals surface area contributed by atoms with Gasteiger partial charge in [-0.1, -0.05) is 12.1 Å². The Kier molecular flexibility index (Phi) is 3.19. The molecule has 0 saturated carbocycles. The number of rotatable bonds is 3. The highest BCUT2D eigenvalue weighted by molar-refractivity contribution is 5.24. The normalized spacial score (nSPS) is 13.0. The molecule has 0 bridgehead atoms. The molecule has 2 aromatic rings. The summed E-state index contributed by atoms with van der Waals surface area (Å²) in [5.74, 6) is 0.415. The molecule has 0 aliphatic carbocycles. The number of nitrogens with zero attached hydrogens (tertiary/aromatic N) is 3. The van der Waals surface area contributed by atoms with Crippen molar-refractivity contribution in [1.29, 1.82) is 0 Å². The van der Waals surface area contributed by atoms with Crippen LogP contribution in [0, 0.1) is 5.82 Å². The first-order valence-electron chi connectivity index (χ1n) is 5.50. The van der Waals surface area contributed by atoms with E-state index in [1.54, 1.807) is 16.8 Å². The van der Waals surface area contributed by atoms with Gasteiger partial charge in [-0.05, 0) is 31.5 Å². The van der Waals surface area contributed by atoms with E-state index in [0.717, 1.165) is 5.56 Å². The van der Waals surface area contributed by atoms with Gasteiger partial charge in [0, 0.05) is 6.04 Å². The van der Waals surface area contributed by atoms with Crippen molar-refractivity contribution in [2.75, 3.05) is 0 Å². The van der Waals surface area contributed by atoms with Crippen LogP contribution in [-0.4, -0.2) is 14.8 Å². The third-order valence-corrected chi connectivity index (χ3v) is 2.60. The molecule has 0 aliphatic rings. The Morgan fingerprint density at radius 3 is 2.47 bits per heavy atom. The number of benzene rings is 1. The average Bonchev–Trinajstić information content (AvgIpc) is 2.78. The fourth-order valence-electron chi connectivity index (χ4n) is 1.70. The zero-order chi connectivity index (χ0) is 12.4. The number of hydrogen-bond acceptors (Lipinski definition) is 3. The number of nitrogens with two attached hydrogens (primary N) is 1. The molecule has 0 aliphatic heterocycles. The first-order chi connectivity index (χ1) is 8.09. The van der Waals surface area contributed by atoms with Crippen molar-refractivity contribution in [3.8, 4) is 0 Å². The molecular formula is C12H15FN4. The van der Waals surface area contributed by atoms with Gasteiger partial charge in [-0.2, -0.15) is 5.10 Å². The summed E-state index contributed by atoms with van der Waals surface area (Å²) in [4.78, 5) is 4.17. The molecule has 1 heterocycles. The molecule has 0 saturated heterocycles. The van der Waals surface area contributed by atoms with Gasteiger partial charge in [0.2, 0.25) is 0 Å². The highest BCUT2D eigenvalue weighted by Gasteiger charge is 2.17. The summed E-state index contributed by atoms with van der Waals surface area (Å²) >= 11 is 0. The highest BCUT2D eigenvalue weighted by Crippen LogP contribution is 2.19. The number of hydrogen-bond donors (Lipinski definition) is 1. The molecule has 5 heteroatoms. The van der Waals surface area contributed by atoms with Crippen LogP contribution in [0.4, 0.5) is 4.39 Å². The van der Waals surface area contributed by atoms with Gasteiger partial charge in [0.1, 0.15) is 18.0 Å². The fourth-order valence-corrected chi connectivity index (χ4v) is 1.70. The van der Waals surface area contributed by atoms with E-state index in [9.17, 15) is 4.39 Å². The Bertz CT molecular complexity index is 489. The van der Waals surface area contributed by atoms with Gasteiger partial charge < -0.3 is 5.73 Å². The summed E-state index contributed by atoms with van der Waals surface area (Å²) in [7, 11) is 0. The quantitative estimate of drug-likeness (QED) is 0.884. The maximum absolute atomic E-state index is 12.8. The van der Waals surface area contributed by atoms with Gasteiger partial charge >= 0.3 is 0 Å². The Morgan fingerprint density at radius 1 is 1.24 bits per heavy atom. The lowest BCUT2D eigenvalue weighted by atomic mass is 10.1. The standard InChI is InChI=1S/C12H15FN4/c1-8(2)17-12(15-7-16-17)11(14)9-3-5-10(13)6-4-9/h3-8,11H,14H2,1-2H3. The van der Waals surface area contributed by atoms with Crippen molar-refractivity contribution >= 4 is 0 Å². The van der Waals surface area contributed by atoms with E-state index in [0.29, 0.717) is 5.82 Å². The second-order valence-corrected chi connectivity index (χ2v) is 4.19. The number of aromatic nitrogens is 3. The molecule has 1 unspecified atom stereocenters. The van der Waals surface area contributed by atoms with E-state index in [2.05, 4.69) is 10.1 Å². The third-order valence-electron chi connectivity index (χ3n) is 2.60. The van der Waals surface area contributed by atoms with Crippen LogP contribution in [0.3, 0.4) is 0 Å². The molecule has 1 aromatic carbocycles. The van der Waals surface area contributed by atoms with Gasteiger partial charge in [0.05, 0.1) is 6.04 Å². The molecule has 4 nitrogen and oxygen atoms in total. The molecular weight excluding hydrogens is 219 g/mol. The highest BCUT2D eigenvalue weighted by atomic mass is 19.1. The minimum atomic E-state index is -0.388. The Morgan fingerprint density at radius 2 is 1.88 bits per heavy atom. The van der Waals surface area contributed by atoms with Crippen LogP contribution in [-0.2, 0) is 0 Å². The van der Waals surface area contributed by atoms with Crippen molar-refractivity contribution in [1.82, 2.24) is 14.8 Å². The van der Waals surface area contributed by atoms with Gasteiger partial charge in [-0.15, -0.1) is 0 Å². The fraction of sp³-hybridized carbons (Fsp3) is 0.333. The van der Waals surface area contributed by atoms with E-state index >= 15 is 0 Å². The van der Waals surface area contributed by atoms with Crippen LogP contribution < -0.4 is 5.73 Å². The molecule has 1 atom stereocenters. The molecule has 0 fully saturated rings. The SMILES string of the molecule is CC(C)n1ncnc1C(N)c1ccc(F)cc1. The smallest absolute Gasteiger partial charge is 0.148 e. The van der Waals surface area contributed by atoms with Crippen molar-refractivity contribution in [3.05, 3.63) is 47.8 Å². The maximum Gasteiger partial charge on any atom is 0.148 e. The zero-order valence-electron chi connectivity index (χ0n) is 9.84. The summed E-state index contributed by atoms with van der Waals surface area (Å²) in [6.07, 6.45) is 1.48. The second kappa shape index (κ2) is 4.63. The molecule has 0 amide bonds. The monoisotopic (exact) mass is 234 g/mol. The van der Waals surface area contributed by atoms with E-state index in [4.69, 9.17) is 5.73 Å². The van der Waals surface area contributed by atoms with Crippen LogP contribution in [0.1, 0.15) is 37.3 Å². The van der Waals surface area contributed by atoms with Crippen molar-refractivity contribution in [3.63, 3.8) is 0 Å². The summed E-state index contributed by atoms with van der Waals surface area (Å²) in [6.45, 7) is 4.02. The minimum Gasteiger partial charge on any atom is -0.318 e. The summed E-state index contributed by atoms with van der Waals surface area (Å²) in [5, 5.41) is 4.13. The predicted octanol–water partition coefficient (Wildman–Crippen LogP) is 2.05. The maximum atomic E-state index is 12.8. The van der Waals surface area contributed by atoms with E-state index in [1.807, 2.05) is 13.8 Å². The zero-order valence-corrected chi connectivity index (χ0v) is 9.84. The van der Waals surface area contributed by atoms with E-state index in [-0.39, 0.29) is 17.9 Å². The summed E-state index contributed by atoms with van der Waals surface area (Å²) < 4.78 is 14.6. The third kappa shape index (κ3) is 2.34. The molecule has 2 rings (SSSR count). The lowest BCUT2D eigenvalue weighted by Crippen LogP contribution is -2.19. The van der Waals surface area contributed by atoms with Gasteiger partial charge in [0.15, 0.2) is 0 Å². The topological polar surface area (TPSA) is 56.7 Å². The second-order valence-electron chi connectivity index (χ2n) is 4.19. The van der Waals surface area contributed by atoms with E-state index < -0.39 is 0 Å². The molecule has 90 valence electrons. The van der Waals surface area contributed by atoms with Crippen molar-refractivity contribution < 1.29 is 4.39 Å². The van der Waals surface area contributed by atoms with Gasteiger partial charge in [-0.25, -0.2) is 14.1 Å². The lowest BCUT2D eigenvalue weighted by Gasteiger charge is -2.15. The van der Waals surface area contributed by atoms with Crippen LogP contribution >= 0.6 is 0 Å². The summed E-state index contributed by atoms with van der Waals surface area (Å²) in [5.41, 5.74) is 6.92. The molecule has 1 aromatic heterocycles. The molecule has 2 N–H and O–H groups in total. The molecule has 0 spiro atoms. The van der Waals surface area contributed by atoms with Crippen LogP contribution in [0.5, 0.6) is 0 Å². The van der Waals surface area contributed by atoms with Crippen LogP contribution in [0.25, 0.3) is 0 Å². The lowest BCUT2D eigenvalue weighted by molar-refractivity contribution is 0.494. The van der Waals surface area contributed by atoms with Crippen molar-refractivity contribution in [2.24, 2.45) is 5.73 Å². The first-order valence-corrected chi connectivity index (χ1v) is 5.50. The van der Waals surface area contributed by atoms with Gasteiger partial charge in [0.25, 0.3) is 0 Å². The first kappa shape index (κ1) is 11.7. The average molecular weight is 234 g/mol. The van der Waals surface area contributed by atoms with E-state index in [1.165, 1.54) is 18.5 Å². The Labute approximate surface area is 99.3 Å². The largest absolute Gasteiger partial charge is 0.318 e.